The summed E-state index contributed by atoms with van der Waals surface area (Å²) in [5.41, 5.74) is 9.96. The van der Waals surface area contributed by atoms with Gasteiger partial charge in [-0.1, -0.05) is 77.9 Å². The molecular weight excluding hydrogens is 494 g/mol. The highest BCUT2D eigenvalue weighted by atomic mass is 16.1. The van der Waals surface area contributed by atoms with Crippen LogP contribution < -0.4 is 10.9 Å². The van der Waals surface area contributed by atoms with Gasteiger partial charge in [-0.15, -0.1) is 0 Å². The number of nitrogens with one attached hydrogen (secondary N) is 2. The molecule has 1 aliphatic rings. The number of nitrogens with zero attached hydrogens (tertiary/aromatic N) is 3. The van der Waals surface area contributed by atoms with Crippen molar-refractivity contribution in [2.45, 2.75) is 75.2 Å². The molecule has 40 heavy (non-hydrogen) atoms. The third-order valence-electron chi connectivity index (χ3n) is 5.85. The molecule has 6 nitrogen and oxygen atoms in total. The predicted octanol–water partition coefficient (Wildman–Crippen LogP) is 8.60. The summed E-state index contributed by atoms with van der Waals surface area (Å²) in [4.78, 5) is 26.1. The van der Waals surface area contributed by atoms with Crippen LogP contribution in [-0.2, 0) is 6.42 Å². The van der Waals surface area contributed by atoms with Crippen molar-refractivity contribution in [2.24, 2.45) is 0 Å². The smallest absolute Gasteiger partial charge is 0.266 e. The van der Waals surface area contributed by atoms with Crippen LogP contribution in [0.3, 0.4) is 0 Å². The van der Waals surface area contributed by atoms with Gasteiger partial charge in [0.25, 0.3) is 5.56 Å². The summed E-state index contributed by atoms with van der Waals surface area (Å²) in [5, 5.41) is 3.40. The molecular formula is C34H47N5O. The second kappa shape index (κ2) is 19.1. The zero-order valence-corrected chi connectivity index (χ0v) is 25.8. The van der Waals surface area contributed by atoms with Gasteiger partial charge in [0.1, 0.15) is 0 Å². The number of benzene rings is 3. The molecule has 6 heteroatoms. The van der Waals surface area contributed by atoms with Crippen LogP contribution in [-0.4, -0.2) is 26.5 Å². The third-order valence-corrected chi connectivity index (χ3v) is 5.85. The quantitative estimate of drug-likeness (QED) is 0.205. The van der Waals surface area contributed by atoms with E-state index in [1.54, 1.807) is 12.4 Å². The highest BCUT2D eigenvalue weighted by Gasteiger charge is 2.08. The maximum Gasteiger partial charge on any atom is 0.266 e. The van der Waals surface area contributed by atoms with E-state index in [0.717, 1.165) is 34.2 Å². The zero-order valence-electron chi connectivity index (χ0n) is 25.8. The van der Waals surface area contributed by atoms with Crippen LogP contribution in [0.25, 0.3) is 22.1 Å². The number of fused-ring (bicyclic) bond motifs is 3. The van der Waals surface area contributed by atoms with Crippen molar-refractivity contribution in [3.8, 4) is 0 Å². The minimum atomic E-state index is -0.156. The Morgan fingerprint density at radius 1 is 0.675 bits per heavy atom. The maximum absolute atomic E-state index is 10.9. The van der Waals surface area contributed by atoms with Gasteiger partial charge in [0, 0.05) is 24.6 Å². The summed E-state index contributed by atoms with van der Waals surface area (Å²) in [6.45, 7) is 19.3. The van der Waals surface area contributed by atoms with E-state index < -0.39 is 0 Å². The van der Waals surface area contributed by atoms with Crippen LogP contribution in [0, 0.1) is 20.8 Å². The molecule has 5 aromatic rings. The Kier molecular flexibility index (Phi) is 16.2. The lowest BCUT2D eigenvalue weighted by Gasteiger charge is -2.19. The van der Waals surface area contributed by atoms with Gasteiger partial charge in [0.15, 0.2) is 0 Å². The Morgan fingerprint density at radius 3 is 1.95 bits per heavy atom. The number of H-pyrrole nitrogens is 1. The van der Waals surface area contributed by atoms with Gasteiger partial charge in [-0.3, -0.25) is 14.8 Å². The summed E-state index contributed by atoms with van der Waals surface area (Å²) < 4.78 is 0. The van der Waals surface area contributed by atoms with Crippen LogP contribution in [0.1, 0.15) is 70.2 Å². The highest BCUT2D eigenvalue weighted by molar-refractivity contribution is 5.77. The van der Waals surface area contributed by atoms with Gasteiger partial charge >= 0.3 is 0 Å². The molecule has 214 valence electrons. The Hall–Kier alpha value is -4.06. The molecule has 0 unspecified atom stereocenters. The monoisotopic (exact) mass is 541 g/mol. The van der Waals surface area contributed by atoms with Crippen molar-refractivity contribution >= 4 is 27.8 Å². The Balaban J connectivity index is 0.000000274. The van der Waals surface area contributed by atoms with Crippen molar-refractivity contribution in [2.75, 3.05) is 11.9 Å². The SMILES string of the molecule is CC.CC.CC.Cc1cccc2c1CCCN2.Cc1cccc2ncc(=O)[nH]c12.Cc1cccc2nccnc12. The largest absolute Gasteiger partial charge is 0.385 e. The molecule has 2 N–H and O–H groups in total. The Morgan fingerprint density at radius 2 is 1.27 bits per heavy atom. The van der Waals surface area contributed by atoms with Gasteiger partial charge in [0.05, 0.1) is 28.3 Å². The van der Waals surface area contributed by atoms with Crippen molar-refractivity contribution in [3.05, 3.63) is 106 Å². The summed E-state index contributed by atoms with van der Waals surface area (Å²) in [6.07, 6.45) is 7.24. The molecule has 0 bridgehead atoms. The van der Waals surface area contributed by atoms with E-state index in [1.807, 2.05) is 91.8 Å². The lowest BCUT2D eigenvalue weighted by atomic mass is 9.99. The van der Waals surface area contributed by atoms with Crippen molar-refractivity contribution < 1.29 is 0 Å². The first-order valence-electron chi connectivity index (χ1n) is 14.5. The number of anilines is 1. The minimum Gasteiger partial charge on any atom is -0.385 e. The zero-order chi connectivity index (χ0) is 29.9. The molecule has 0 amide bonds. The number of hydrogen-bond acceptors (Lipinski definition) is 5. The molecule has 3 heterocycles. The first kappa shape index (κ1) is 34.0. The molecule has 0 aliphatic carbocycles. The van der Waals surface area contributed by atoms with E-state index in [4.69, 9.17) is 0 Å². The maximum atomic E-state index is 10.9. The van der Waals surface area contributed by atoms with Crippen LogP contribution in [0.5, 0.6) is 0 Å². The summed E-state index contributed by atoms with van der Waals surface area (Å²) >= 11 is 0. The second-order valence-corrected chi connectivity index (χ2v) is 8.35. The van der Waals surface area contributed by atoms with E-state index in [-0.39, 0.29) is 5.56 Å². The standard InChI is InChI=1S/C10H13N.C9H8N2O.C9H8N2.3C2H6/c1-8-4-2-6-10-9(8)5-3-7-11-10;1-6-3-2-4-7-9(6)11-8(12)5-10-7;1-7-3-2-4-8-9(7)11-6-5-10-8;3*1-2/h2,4,6,11H,3,5,7H2,1H3;2-5H,1H3,(H,11,12);2-6H,1H3;3*1-2H3. The van der Waals surface area contributed by atoms with E-state index >= 15 is 0 Å². The van der Waals surface area contributed by atoms with E-state index in [9.17, 15) is 4.79 Å². The number of para-hydroxylation sites is 2. The van der Waals surface area contributed by atoms with E-state index in [1.165, 1.54) is 41.4 Å². The first-order chi connectivity index (χ1) is 19.5. The number of aromatic amines is 1. The minimum absolute atomic E-state index is 0.156. The number of rotatable bonds is 0. The average Bonchev–Trinajstić information content (AvgIpc) is 3.02. The van der Waals surface area contributed by atoms with Crippen LogP contribution in [0.2, 0.25) is 0 Å². The fourth-order valence-electron chi connectivity index (χ4n) is 4.03. The average molecular weight is 542 g/mol. The molecule has 0 saturated heterocycles. The fourth-order valence-corrected chi connectivity index (χ4v) is 4.03. The van der Waals surface area contributed by atoms with Gasteiger partial charge in [-0.25, -0.2) is 4.98 Å². The van der Waals surface area contributed by atoms with Gasteiger partial charge in [0.2, 0.25) is 0 Å². The summed E-state index contributed by atoms with van der Waals surface area (Å²) in [5.74, 6) is 0. The van der Waals surface area contributed by atoms with Crippen molar-refractivity contribution in [3.63, 3.8) is 0 Å². The molecule has 0 radical (unpaired) electrons. The van der Waals surface area contributed by atoms with E-state index in [0.29, 0.717) is 0 Å². The highest BCUT2D eigenvalue weighted by Crippen LogP contribution is 2.24. The molecule has 2 aromatic heterocycles. The molecule has 0 fully saturated rings. The van der Waals surface area contributed by atoms with Gasteiger partial charge in [-0.2, -0.15) is 0 Å². The van der Waals surface area contributed by atoms with Crippen LogP contribution in [0.15, 0.2) is 78.0 Å². The van der Waals surface area contributed by atoms with Crippen molar-refractivity contribution in [1.29, 1.82) is 0 Å². The van der Waals surface area contributed by atoms with Crippen molar-refractivity contribution in [1.82, 2.24) is 19.9 Å². The van der Waals surface area contributed by atoms with Gasteiger partial charge < -0.3 is 10.3 Å². The molecule has 0 spiro atoms. The van der Waals surface area contributed by atoms with Crippen LogP contribution in [0.4, 0.5) is 5.69 Å². The number of aromatic nitrogens is 4. The van der Waals surface area contributed by atoms with Crippen LogP contribution >= 0.6 is 0 Å². The Labute approximate surface area is 240 Å². The lowest BCUT2D eigenvalue weighted by molar-refractivity contribution is 0.824. The molecule has 6 rings (SSSR count). The second-order valence-electron chi connectivity index (χ2n) is 8.35. The molecule has 1 aliphatic heterocycles. The third kappa shape index (κ3) is 9.92. The predicted molar refractivity (Wildman–Crippen MR) is 173 cm³/mol. The molecule has 3 aromatic carbocycles. The number of hydrogen-bond donors (Lipinski definition) is 2. The molecule has 0 saturated carbocycles. The van der Waals surface area contributed by atoms with Gasteiger partial charge in [-0.05, 0) is 74.1 Å². The lowest BCUT2D eigenvalue weighted by Crippen LogP contribution is -2.12. The summed E-state index contributed by atoms with van der Waals surface area (Å²) in [6, 6.07) is 18.2. The number of aryl methyl sites for hydroxylation is 3. The fraction of sp³-hybridized carbons (Fsp3) is 0.353. The van der Waals surface area contributed by atoms with E-state index in [2.05, 4.69) is 50.4 Å². The summed E-state index contributed by atoms with van der Waals surface area (Å²) in [7, 11) is 0. The Bertz CT molecular complexity index is 1470. The first-order valence-corrected chi connectivity index (χ1v) is 14.5. The normalized spacial score (nSPS) is 10.6. The molecule has 0 atom stereocenters. The topological polar surface area (TPSA) is 83.6 Å².